The summed E-state index contributed by atoms with van der Waals surface area (Å²) < 4.78 is 27.5. The minimum absolute atomic E-state index is 0.0454. The van der Waals surface area contributed by atoms with Crippen molar-refractivity contribution < 1.29 is 18.0 Å². The molecule has 2 amide bonds. The van der Waals surface area contributed by atoms with E-state index in [1.54, 1.807) is 37.8 Å². The van der Waals surface area contributed by atoms with Crippen LogP contribution in [0.4, 0.5) is 5.69 Å². The molecule has 1 atom stereocenters. The lowest BCUT2D eigenvalue weighted by molar-refractivity contribution is -0.131. The molecule has 0 unspecified atom stereocenters. The first-order valence-electron chi connectivity index (χ1n) is 9.05. The molecule has 27 heavy (non-hydrogen) atoms. The highest BCUT2D eigenvalue weighted by Gasteiger charge is 2.39. The molecule has 1 aliphatic rings. The molecule has 0 bridgehead atoms. The van der Waals surface area contributed by atoms with Gasteiger partial charge in [-0.1, -0.05) is 6.07 Å². The zero-order valence-electron chi connectivity index (χ0n) is 16.8. The summed E-state index contributed by atoms with van der Waals surface area (Å²) in [5.74, 6) is -0.776. The van der Waals surface area contributed by atoms with Crippen molar-refractivity contribution in [2.75, 3.05) is 11.9 Å². The smallest absolute Gasteiger partial charge is 0.241 e. The van der Waals surface area contributed by atoms with E-state index in [-0.39, 0.29) is 34.7 Å². The third-order valence-electron chi connectivity index (χ3n) is 4.44. The van der Waals surface area contributed by atoms with E-state index >= 15 is 0 Å². The van der Waals surface area contributed by atoms with Crippen LogP contribution in [0.2, 0.25) is 0 Å². The highest BCUT2D eigenvalue weighted by molar-refractivity contribution is 7.89. The number of amides is 2. The molecule has 1 fully saturated rings. The van der Waals surface area contributed by atoms with Crippen LogP contribution in [0.15, 0.2) is 23.1 Å². The molecule has 0 saturated carbocycles. The van der Waals surface area contributed by atoms with Gasteiger partial charge in [0, 0.05) is 30.2 Å². The molecular weight excluding hydrogens is 366 g/mol. The fraction of sp³-hybridized carbons (Fsp3) is 0.579. The van der Waals surface area contributed by atoms with Gasteiger partial charge >= 0.3 is 0 Å². The van der Waals surface area contributed by atoms with Crippen molar-refractivity contribution in [3.63, 3.8) is 0 Å². The first-order chi connectivity index (χ1) is 12.3. The number of nitrogens with one attached hydrogen (secondary N) is 2. The zero-order valence-corrected chi connectivity index (χ0v) is 17.6. The number of likely N-dealkylation sites (tertiary alicyclic amines) is 1. The number of carbonyl (C=O) groups is 2. The summed E-state index contributed by atoms with van der Waals surface area (Å²) in [6, 6.07) is 4.54. The Balaban J connectivity index is 2.18. The van der Waals surface area contributed by atoms with Gasteiger partial charge in [-0.15, -0.1) is 0 Å². The summed E-state index contributed by atoms with van der Waals surface area (Å²) >= 11 is 0. The van der Waals surface area contributed by atoms with Crippen molar-refractivity contribution in [2.24, 2.45) is 5.92 Å². The van der Waals surface area contributed by atoms with Gasteiger partial charge in [-0.3, -0.25) is 9.59 Å². The first-order valence-corrected chi connectivity index (χ1v) is 10.5. The van der Waals surface area contributed by atoms with E-state index in [9.17, 15) is 18.0 Å². The van der Waals surface area contributed by atoms with E-state index in [0.29, 0.717) is 17.8 Å². The van der Waals surface area contributed by atoms with Crippen LogP contribution in [0.3, 0.4) is 0 Å². The summed E-state index contributed by atoms with van der Waals surface area (Å²) in [6.45, 7) is 11.4. The molecule has 1 aromatic carbocycles. The van der Waals surface area contributed by atoms with Crippen molar-refractivity contribution in [1.82, 2.24) is 9.62 Å². The van der Waals surface area contributed by atoms with Crippen molar-refractivity contribution in [1.29, 1.82) is 0 Å². The van der Waals surface area contributed by atoms with Crippen LogP contribution < -0.4 is 10.0 Å². The van der Waals surface area contributed by atoms with E-state index in [4.69, 9.17) is 0 Å². The number of aryl methyl sites for hydroxylation is 1. The standard InChI is InChI=1S/C19H29N3O4S/c1-12(2)21-27(25,26)16-10-15(8-7-13(16)3)20-18(24)14-9-17(23)22(11-14)19(4,5)6/h7-8,10,12,14,21H,9,11H2,1-6H3,(H,20,24)/t14-/m0/s1. The van der Waals surface area contributed by atoms with E-state index in [1.807, 2.05) is 20.8 Å². The Morgan fingerprint density at radius 1 is 1.26 bits per heavy atom. The number of carbonyl (C=O) groups excluding carboxylic acids is 2. The normalized spacial score (nSPS) is 18.3. The maximum Gasteiger partial charge on any atom is 0.241 e. The zero-order chi connectivity index (χ0) is 20.6. The Labute approximate surface area is 161 Å². The van der Waals surface area contributed by atoms with Crippen LogP contribution in [0, 0.1) is 12.8 Å². The van der Waals surface area contributed by atoms with Crippen molar-refractivity contribution in [3.05, 3.63) is 23.8 Å². The number of hydrogen-bond donors (Lipinski definition) is 2. The summed E-state index contributed by atoms with van der Waals surface area (Å²) in [6.07, 6.45) is 0.162. The number of sulfonamides is 1. The van der Waals surface area contributed by atoms with E-state index in [0.717, 1.165) is 0 Å². The minimum atomic E-state index is -3.67. The SMILES string of the molecule is Cc1ccc(NC(=O)[C@H]2CC(=O)N(C(C)(C)C)C2)cc1S(=O)(=O)NC(C)C. The molecule has 2 N–H and O–H groups in total. The first kappa shape index (κ1) is 21.4. The van der Waals surface area contributed by atoms with Crippen LogP contribution in [-0.2, 0) is 19.6 Å². The van der Waals surface area contributed by atoms with Gasteiger partial charge in [0.25, 0.3) is 0 Å². The maximum absolute atomic E-state index is 12.6. The Morgan fingerprint density at radius 2 is 1.89 bits per heavy atom. The number of rotatable bonds is 5. The van der Waals surface area contributed by atoms with Gasteiger partial charge < -0.3 is 10.2 Å². The monoisotopic (exact) mass is 395 g/mol. The molecule has 1 saturated heterocycles. The van der Waals surface area contributed by atoms with Crippen LogP contribution in [0.25, 0.3) is 0 Å². The topological polar surface area (TPSA) is 95.6 Å². The van der Waals surface area contributed by atoms with E-state index < -0.39 is 15.9 Å². The average molecular weight is 396 g/mol. The molecule has 0 aliphatic carbocycles. The van der Waals surface area contributed by atoms with Gasteiger partial charge in [0.15, 0.2) is 0 Å². The largest absolute Gasteiger partial charge is 0.337 e. The van der Waals surface area contributed by atoms with Gasteiger partial charge in [-0.2, -0.15) is 0 Å². The quantitative estimate of drug-likeness (QED) is 0.799. The molecule has 7 nitrogen and oxygen atoms in total. The van der Waals surface area contributed by atoms with Crippen molar-refractivity contribution in [3.8, 4) is 0 Å². The second-order valence-electron chi connectivity index (χ2n) is 8.32. The molecule has 2 rings (SSSR count). The predicted octanol–water partition coefficient (Wildman–Crippen LogP) is 2.27. The second kappa shape index (κ2) is 7.59. The number of hydrogen-bond acceptors (Lipinski definition) is 4. The van der Waals surface area contributed by atoms with E-state index in [1.165, 1.54) is 6.07 Å². The van der Waals surface area contributed by atoms with Crippen LogP contribution in [-0.4, -0.2) is 43.3 Å². The van der Waals surface area contributed by atoms with Crippen LogP contribution in [0.1, 0.15) is 46.6 Å². The van der Waals surface area contributed by atoms with Gasteiger partial charge in [-0.25, -0.2) is 13.1 Å². The fourth-order valence-corrected chi connectivity index (χ4v) is 4.64. The lowest BCUT2D eigenvalue weighted by Gasteiger charge is -2.31. The summed E-state index contributed by atoms with van der Waals surface area (Å²) in [5, 5.41) is 2.76. The molecule has 0 aromatic heterocycles. The Morgan fingerprint density at radius 3 is 2.41 bits per heavy atom. The predicted molar refractivity (Wildman–Crippen MR) is 105 cm³/mol. The van der Waals surface area contributed by atoms with Crippen molar-refractivity contribution >= 4 is 27.5 Å². The number of nitrogens with zero attached hydrogens (tertiary/aromatic N) is 1. The van der Waals surface area contributed by atoms with Crippen molar-refractivity contribution in [2.45, 2.75) is 64.4 Å². The third kappa shape index (κ3) is 5.07. The van der Waals surface area contributed by atoms with Gasteiger partial charge in [0.05, 0.1) is 10.8 Å². The number of anilines is 1. The Kier molecular flexibility index (Phi) is 6.01. The van der Waals surface area contributed by atoms with Gasteiger partial charge in [-0.05, 0) is 59.2 Å². The second-order valence-corrected chi connectivity index (χ2v) is 10.0. The van der Waals surface area contributed by atoms with Crippen LogP contribution >= 0.6 is 0 Å². The summed E-state index contributed by atoms with van der Waals surface area (Å²) in [4.78, 5) is 26.6. The average Bonchev–Trinajstić information content (AvgIpc) is 2.90. The summed E-state index contributed by atoms with van der Waals surface area (Å²) in [5.41, 5.74) is 0.659. The molecule has 8 heteroatoms. The van der Waals surface area contributed by atoms with E-state index in [2.05, 4.69) is 10.0 Å². The molecule has 150 valence electrons. The summed E-state index contributed by atoms with van der Waals surface area (Å²) in [7, 11) is -3.67. The lowest BCUT2D eigenvalue weighted by Crippen LogP contribution is -2.42. The molecule has 1 aromatic rings. The third-order valence-corrected chi connectivity index (χ3v) is 6.24. The Bertz CT molecular complexity index is 841. The Hall–Kier alpha value is -1.93. The molecule has 1 aliphatic heterocycles. The van der Waals surface area contributed by atoms with Gasteiger partial charge in [0.1, 0.15) is 0 Å². The molecule has 1 heterocycles. The molecule has 0 spiro atoms. The van der Waals surface area contributed by atoms with Crippen LogP contribution in [0.5, 0.6) is 0 Å². The number of benzene rings is 1. The maximum atomic E-state index is 12.6. The fourth-order valence-electron chi connectivity index (χ4n) is 3.12. The highest BCUT2D eigenvalue weighted by atomic mass is 32.2. The molecular formula is C19H29N3O4S. The van der Waals surface area contributed by atoms with Gasteiger partial charge in [0.2, 0.25) is 21.8 Å². The minimum Gasteiger partial charge on any atom is -0.337 e. The molecule has 0 radical (unpaired) electrons. The highest BCUT2D eigenvalue weighted by Crippen LogP contribution is 2.27. The lowest BCUT2D eigenvalue weighted by atomic mass is 10.1.